The molecule has 12 heavy (non-hydrogen) atoms. The minimum Gasteiger partial charge on any atom is -0.393 e. The number of nitrogens with one attached hydrogen (secondary N) is 1. The molecule has 0 aliphatic rings. The van der Waals surface area contributed by atoms with Crippen LogP contribution in [0.2, 0.25) is 0 Å². The van der Waals surface area contributed by atoms with Gasteiger partial charge in [0.2, 0.25) is 5.91 Å². The Morgan fingerprint density at radius 1 is 1.58 bits per heavy atom. The van der Waals surface area contributed by atoms with Gasteiger partial charge in [-0.25, -0.2) is 0 Å². The Balaban J connectivity index is 3.19. The van der Waals surface area contributed by atoms with Crippen LogP contribution in [0.4, 0.5) is 0 Å². The van der Waals surface area contributed by atoms with Crippen LogP contribution in [0.3, 0.4) is 0 Å². The Morgan fingerprint density at radius 2 is 2.25 bits per heavy atom. The van der Waals surface area contributed by atoms with E-state index in [1.54, 1.807) is 0 Å². The van der Waals surface area contributed by atoms with Gasteiger partial charge in [-0.1, -0.05) is 0 Å². The molecule has 0 aliphatic carbocycles. The third-order valence-electron chi connectivity index (χ3n) is 1.59. The molecule has 1 unspecified atom stereocenters. The maximum Gasteiger partial charge on any atom is 0.216 e. The topological polar surface area (TPSA) is 75.3 Å². The zero-order valence-electron chi connectivity index (χ0n) is 7.55. The summed E-state index contributed by atoms with van der Waals surface area (Å²) in [6.45, 7) is 2.62. The molecule has 1 atom stereocenters. The first-order chi connectivity index (χ1) is 5.66. The van der Waals surface area contributed by atoms with Crippen molar-refractivity contribution in [2.45, 2.75) is 32.3 Å². The summed E-state index contributed by atoms with van der Waals surface area (Å²) < 4.78 is 0. The van der Waals surface area contributed by atoms with E-state index in [1.165, 1.54) is 6.92 Å². The van der Waals surface area contributed by atoms with Gasteiger partial charge in [0, 0.05) is 13.5 Å². The number of nitrogens with two attached hydrogens (primary N) is 1. The molecule has 0 aromatic heterocycles. The van der Waals surface area contributed by atoms with Gasteiger partial charge in [0.15, 0.2) is 0 Å². The van der Waals surface area contributed by atoms with Gasteiger partial charge >= 0.3 is 0 Å². The Labute approximate surface area is 73.1 Å². The van der Waals surface area contributed by atoms with E-state index in [2.05, 4.69) is 5.32 Å². The second-order valence-corrected chi connectivity index (χ2v) is 2.86. The lowest BCUT2D eigenvalue weighted by molar-refractivity contribution is -0.119. The summed E-state index contributed by atoms with van der Waals surface area (Å²) in [5.74, 6) is -0.0546. The van der Waals surface area contributed by atoms with Crippen LogP contribution in [0.15, 0.2) is 0 Å². The number of hydrogen-bond donors (Lipinski definition) is 3. The van der Waals surface area contributed by atoms with Gasteiger partial charge in [0.1, 0.15) is 0 Å². The van der Waals surface area contributed by atoms with Crippen LogP contribution in [0.1, 0.15) is 26.2 Å². The van der Waals surface area contributed by atoms with Crippen LogP contribution >= 0.6 is 0 Å². The molecule has 0 radical (unpaired) electrons. The Bertz CT molecular complexity index is 128. The molecule has 1 amide bonds. The zero-order chi connectivity index (χ0) is 9.40. The second kappa shape index (κ2) is 7.06. The predicted molar refractivity (Wildman–Crippen MR) is 47.6 cm³/mol. The van der Waals surface area contributed by atoms with Gasteiger partial charge in [-0.2, -0.15) is 0 Å². The van der Waals surface area contributed by atoms with Gasteiger partial charge in [0.05, 0.1) is 6.10 Å². The number of aliphatic hydroxyl groups is 1. The molecule has 4 heteroatoms. The van der Waals surface area contributed by atoms with Crippen LogP contribution in [0.25, 0.3) is 0 Å². The average molecular weight is 174 g/mol. The molecule has 0 aromatic rings. The number of aliphatic hydroxyl groups excluding tert-OH is 1. The SMILES string of the molecule is CC(=O)NCCC(O)CCCN. The molecule has 0 aliphatic heterocycles. The standard InChI is InChI=1S/C8H18N2O2/c1-7(11)10-6-4-8(12)3-2-5-9/h8,12H,2-6,9H2,1H3,(H,10,11). The van der Waals surface area contributed by atoms with Crippen molar-refractivity contribution in [2.75, 3.05) is 13.1 Å². The van der Waals surface area contributed by atoms with E-state index in [0.29, 0.717) is 19.5 Å². The first kappa shape index (κ1) is 11.4. The maximum atomic E-state index is 10.4. The van der Waals surface area contributed by atoms with Crippen molar-refractivity contribution in [2.24, 2.45) is 5.73 Å². The summed E-state index contributed by atoms with van der Waals surface area (Å²) in [6.07, 6.45) is 1.83. The summed E-state index contributed by atoms with van der Waals surface area (Å²) in [7, 11) is 0. The number of hydrogen-bond acceptors (Lipinski definition) is 3. The van der Waals surface area contributed by atoms with Gasteiger partial charge in [0.25, 0.3) is 0 Å². The fourth-order valence-electron chi connectivity index (χ4n) is 0.913. The van der Waals surface area contributed by atoms with E-state index in [0.717, 1.165) is 12.8 Å². The smallest absolute Gasteiger partial charge is 0.216 e. The fourth-order valence-corrected chi connectivity index (χ4v) is 0.913. The molecule has 0 heterocycles. The molecule has 0 bridgehead atoms. The summed E-state index contributed by atoms with van der Waals surface area (Å²) >= 11 is 0. The highest BCUT2D eigenvalue weighted by atomic mass is 16.3. The highest BCUT2D eigenvalue weighted by Crippen LogP contribution is 1.98. The molecule has 4 nitrogen and oxygen atoms in total. The van der Waals surface area contributed by atoms with E-state index >= 15 is 0 Å². The quantitative estimate of drug-likeness (QED) is 0.513. The van der Waals surface area contributed by atoms with Crippen molar-refractivity contribution >= 4 is 5.91 Å². The van der Waals surface area contributed by atoms with Gasteiger partial charge < -0.3 is 16.2 Å². The third-order valence-corrected chi connectivity index (χ3v) is 1.59. The molecule has 0 spiro atoms. The third kappa shape index (κ3) is 7.50. The van der Waals surface area contributed by atoms with Crippen LogP contribution < -0.4 is 11.1 Å². The van der Waals surface area contributed by atoms with Gasteiger partial charge in [-0.3, -0.25) is 4.79 Å². The number of rotatable bonds is 6. The van der Waals surface area contributed by atoms with E-state index in [4.69, 9.17) is 5.73 Å². The minimum absolute atomic E-state index is 0.0546. The van der Waals surface area contributed by atoms with Crippen molar-refractivity contribution in [1.82, 2.24) is 5.32 Å². The van der Waals surface area contributed by atoms with Crippen molar-refractivity contribution < 1.29 is 9.90 Å². The monoisotopic (exact) mass is 174 g/mol. The number of amides is 1. The molecule has 0 aromatic carbocycles. The maximum absolute atomic E-state index is 10.4. The van der Waals surface area contributed by atoms with E-state index < -0.39 is 0 Å². The minimum atomic E-state index is -0.333. The van der Waals surface area contributed by atoms with Crippen molar-refractivity contribution in [3.05, 3.63) is 0 Å². The Morgan fingerprint density at radius 3 is 2.75 bits per heavy atom. The van der Waals surface area contributed by atoms with Crippen LogP contribution in [-0.2, 0) is 4.79 Å². The molecular weight excluding hydrogens is 156 g/mol. The van der Waals surface area contributed by atoms with Gasteiger partial charge in [-0.15, -0.1) is 0 Å². The largest absolute Gasteiger partial charge is 0.393 e. The zero-order valence-corrected chi connectivity index (χ0v) is 7.55. The highest BCUT2D eigenvalue weighted by Gasteiger charge is 2.02. The van der Waals surface area contributed by atoms with E-state index in [9.17, 15) is 9.90 Å². The number of carbonyl (C=O) groups is 1. The highest BCUT2D eigenvalue weighted by molar-refractivity contribution is 5.72. The normalized spacial score (nSPS) is 12.6. The molecule has 0 saturated carbocycles. The molecule has 72 valence electrons. The lowest BCUT2D eigenvalue weighted by atomic mass is 10.1. The molecular formula is C8H18N2O2. The molecule has 0 rings (SSSR count). The van der Waals surface area contributed by atoms with E-state index in [1.807, 2.05) is 0 Å². The van der Waals surface area contributed by atoms with Crippen LogP contribution in [-0.4, -0.2) is 30.2 Å². The first-order valence-corrected chi connectivity index (χ1v) is 4.29. The predicted octanol–water partition coefficient (Wildman–Crippen LogP) is -0.388. The Kier molecular flexibility index (Phi) is 6.70. The van der Waals surface area contributed by atoms with Crippen LogP contribution in [0.5, 0.6) is 0 Å². The summed E-state index contributed by atoms with van der Waals surface area (Å²) in [4.78, 5) is 10.4. The summed E-state index contributed by atoms with van der Waals surface area (Å²) in [5, 5.41) is 11.9. The summed E-state index contributed by atoms with van der Waals surface area (Å²) in [6, 6.07) is 0. The first-order valence-electron chi connectivity index (χ1n) is 4.29. The van der Waals surface area contributed by atoms with Gasteiger partial charge in [-0.05, 0) is 25.8 Å². The summed E-state index contributed by atoms with van der Waals surface area (Å²) in [5.41, 5.74) is 5.27. The van der Waals surface area contributed by atoms with Crippen LogP contribution in [0, 0.1) is 0 Å². The lowest BCUT2D eigenvalue weighted by Gasteiger charge is -2.09. The lowest BCUT2D eigenvalue weighted by Crippen LogP contribution is -2.24. The molecule has 0 saturated heterocycles. The molecule has 0 fully saturated rings. The van der Waals surface area contributed by atoms with Crippen molar-refractivity contribution in [1.29, 1.82) is 0 Å². The van der Waals surface area contributed by atoms with Crippen molar-refractivity contribution in [3.8, 4) is 0 Å². The second-order valence-electron chi connectivity index (χ2n) is 2.86. The molecule has 4 N–H and O–H groups in total. The van der Waals surface area contributed by atoms with Crippen molar-refractivity contribution in [3.63, 3.8) is 0 Å². The number of carbonyl (C=O) groups excluding carboxylic acids is 1. The fraction of sp³-hybridized carbons (Fsp3) is 0.875. The average Bonchev–Trinajstić information content (AvgIpc) is 2.00. The Hall–Kier alpha value is -0.610. The van der Waals surface area contributed by atoms with E-state index in [-0.39, 0.29) is 12.0 Å².